The van der Waals surface area contributed by atoms with E-state index in [-0.39, 0.29) is 17.7 Å². The molecule has 1 rings (SSSR count). The molecule has 0 amide bonds. The van der Waals surface area contributed by atoms with Gasteiger partial charge in [-0.25, -0.2) is 0 Å². The standard InChI is InChI=1S/C11H11NO3/c1-2-11(14)15-10-6-4-3-5-8(10)9(13)7-12/h3-7,12H,2H2,1H3. The molecule has 0 saturated heterocycles. The van der Waals surface area contributed by atoms with Gasteiger partial charge in [-0.2, -0.15) is 0 Å². The van der Waals surface area contributed by atoms with Crippen molar-refractivity contribution in [3.63, 3.8) is 0 Å². The van der Waals surface area contributed by atoms with Crippen LogP contribution in [0.4, 0.5) is 0 Å². The van der Waals surface area contributed by atoms with Gasteiger partial charge in [0, 0.05) is 6.42 Å². The molecule has 78 valence electrons. The van der Waals surface area contributed by atoms with Gasteiger partial charge in [-0.15, -0.1) is 0 Å². The minimum Gasteiger partial charge on any atom is -0.426 e. The zero-order valence-electron chi connectivity index (χ0n) is 8.32. The van der Waals surface area contributed by atoms with Crippen LogP contribution in [0.5, 0.6) is 5.75 Å². The molecule has 0 aromatic heterocycles. The molecular formula is C11H11NO3. The molecule has 0 heterocycles. The van der Waals surface area contributed by atoms with Gasteiger partial charge >= 0.3 is 5.97 Å². The molecule has 0 aliphatic heterocycles. The highest BCUT2D eigenvalue weighted by Gasteiger charge is 2.11. The molecule has 4 nitrogen and oxygen atoms in total. The molecule has 0 unspecified atom stereocenters. The molecule has 0 aliphatic carbocycles. The zero-order chi connectivity index (χ0) is 11.3. The van der Waals surface area contributed by atoms with E-state index in [1.807, 2.05) is 0 Å². The Balaban J connectivity index is 3.01. The number of ketones is 1. The minimum absolute atomic E-state index is 0.206. The topological polar surface area (TPSA) is 67.2 Å². The number of para-hydroxylation sites is 1. The lowest BCUT2D eigenvalue weighted by Crippen LogP contribution is -2.10. The maximum absolute atomic E-state index is 11.3. The van der Waals surface area contributed by atoms with Crippen molar-refractivity contribution in [2.24, 2.45) is 0 Å². The predicted molar refractivity (Wildman–Crippen MR) is 55.5 cm³/mol. The Labute approximate surface area is 87.4 Å². The summed E-state index contributed by atoms with van der Waals surface area (Å²) in [6, 6.07) is 6.37. The summed E-state index contributed by atoms with van der Waals surface area (Å²) in [5, 5.41) is 6.86. The van der Waals surface area contributed by atoms with Crippen molar-refractivity contribution in [1.29, 1.82) is 5.41 Å². The van der Waals surface area contributed by atoms with Crippen molar-refractivity contribution in [2.75, 3.05) is 0 Å². The molecule has 0 bridgehead atoms. The summed E-state index contributed by atoms with van der Waals surface area (Å²) in [5.74, 6) is -0.674. The SMILES string of the molecule is CCC(=O)Oc1ccccc1C(=O)C=N. The number of carbonyl (C=O) groups excluding carboxylic acids is 2. The van der Waals surface area contributed by atoms with Crippen LogP contribution in [-0.4, -0.2) is 18.0 Å². The minimum atomic E-state index is -0.477. The van der Waals surface area contributed by atoms with E-state index in [1.54, 1.807) is 19.1 Å². The van der Waals surface area contributed by atoms with Crippen LogP contribution in [0.3, 0.4) is 0 Å². The van der Waals surface area contributed by atoms with Gasteiger partial charge < -0.3 is 10.1 Å². The maximum atomic E-state index is 11.3. The predicted octanol–water partition coefficient (Wildman–Crippen LogP) is 1.83. The van der Waals surface area contributed by atoms with E-state index in [0.717, 1.165) is 0 Å². The number of esters is 1. The smallest absolute Gasteiger partial charge is 0.310 e. The average Bonchev–Trinajstić information content (AvgIpc) is 2.28. The summed E-state index contributed by atoms with van der Waals surface area (Å²) in [6.45, 7) is 1.67. The molecule has 0 radical (unpaired) electrons. The fourth-order valence-corrected chi connectivity index (χ4v) is 1.03. The molecule has 1 aromatic carbocycles. The zero-order valence-corrected chi connectivity index (χ0v) is 8.32. The quantitative estimate of drug-likeness (QED) is 0.353. The number of rotatable bonds is 4. The second kappa shape index (κ2) is 5.05. The fourth-order valence-electron chi connectivity index (χ4n) is 1.03. The fraction of sp³-hybridized carbons (Fsp3) is 0.182. The number of hydrogen-bond donors (Lipinski definition) is 1. The van der Waals surface area contributed by atoms with E-state index in [2.05, 4.69) is 0 Å². The lowest BCUT2D eigenvalue weighted by Gasteiger charge is -2.06. The van der Waals surface area contributed by atoms with Crippen LogP contribution in [-0.2, 0) is 4.79 Å². The Hall–Kier alpha value is -1.97. The Bertz CT molecular complexity index is 399. The van der Waals surface area contributed by atoms with Crippen LogP contribution in [0.1, 0.15) is 23.7 Å². The molecule has 0 saturated carbocycles. The van der Waals surface area contributed by atoms with Gasteiger partial charge in [-0.1, -0.05) is 19.1 Å². The van der Waals surface area contributed by atoms with Crippen LogP contribution in [0.15, 0.2) is 24.3 Å². The molecule has 0 atom stereocenters. The summed E-state index contributed by atoms with van der Waals surface area (Å²) in [7, 11) is 0. The highest BCUT2D eigenvalue weighted by molar-refractivity contribution is 6.35. The first-order chi connectivity index (χ1) is 7.19. The largest absolute Gasteiger partial charge is 0.426 e. The number of hydrogen-bond acceptors (Lipinski definition) is 4. The maximum Gasteiger partial charge on any atom is 0.310 e. The first-order valence-corrected chi connectivity index (χ1v) is 4.53. The monoisotopic (exact) mass is 205 g/mol. The number of benzene rings is 1. The van der Waals surface area contributed by atoms with Gasteiger partial charge in [0.25, 0.3) is 0 Å². The molecule has 15 heavy (non-hydrogen) atoms. The summed E-state index contributed by atoms with van der Waals surface area (Å²) in [6.07, 6.45) is 0.936. The van der Waals surface area contributed by atoms with Crippen LogP contribution in [0, 0.1) is 5.41 Å². The Kier molecular flexibility index (Phi) is 3.74. The molecule has 0 aliphatic rings. The van der Waals surface area contributed by atoms with E-state index in [4.69, 9.17) is 10.1 Å². The highest BCUT2D eigenvalue weighted by Crippen LogP contribution is 2.18. The van der Waals surface area contributed by atoms with E-state index < -0.39 is 11.8 Å². The van der Waals surface area contributed by atoms with Gasteiger partial charge in [0.05, 0.1) is 11.8 Å². The summed E-state index contributed by atoms with van der Waals surface area (Å²) in [5.41, 5.74) is 0.231. The lowest BCUT2D eigenvalue weighted by atomic mass is 10.1. The van der Waals surface area contributed by atoms with Crippen LogP contribution < -0.4 is 4.74 Å². The average molecular weight is 205 g/mol. The second-order valence-corrected chi connectivity index (χ2v) is 2.83. The molecule has 1 aromatic rings. The number of nitrogens with one attached hydrogen (secondary N) is 1. The second-order valence-electron chi connectivity index (χ2n) is 2.83. The van der Waals surface area contributed by atoms with Crippen molar-refractivity contribution < 1.29 is 14.3 Å². The third-order valence-corrected chi connectivity index (χ3v) is 1.80. The number of ether oxygens (including phenoxy) is 1. The third-order valence-electron chi connectivity index (χ3n) is 1.80. The van der Waals surface area contributed by atoms with Crippen LogP contribution in [0.2, 0.25) is 0 Å². The molecule has 0 spiro atoms. The summed E-state index contributed by atoms with van der Waals surface area (Å²) < 4.78 is 4.95. The van der Waals surface area contributed by atoms with Crippen molar-refractivity contribution in [3.8, 4) is 5.75 Å². The summed E-state index contributed by atoms with van der Waals surface area (Å²) >= 11 is 0. The van der Waals surface area contributed by atoms with Crippen molar-refractivity contribution in [1.82, 2.24) is 0 Å². The van der Waals surface area contributed by atoms with Gasteiger partial charge in [-0.05, 0) is 12.1 Å². The number of carbonyl (C=O) groups is 2. The van der Waals surface area contributed by atoms with Gasteiger partial charge in [-0.3, -0.25) is 9.59 Å². The Morgan fingerprint density at radius 1 is 1.40 bits per heavy atom. The van der Waals surface area contributed by atoms with Crippen LogP contribution in [0.25, 0.3) is 0 Å². The molecule has 4 heteroatoms. The molecular weight excluding hydrogens is 194 g/mol. The van der Waals surface area contributed by atoms with Gasteiger partial charge in [0.1, 0.15) is 5.75 Å². The highest BCUT2D eigenvalue weighted by atomic mass is 16.5. The molecule has 1 N–H and O–H groups in total. The van der Waals surface area contributed by atoms with E-state index in [1.165, 1.54) is 12.1 Å². The van der Waals surface area contributed by atoms with Gasteiger partial charge in [0.2, 0.25) is 5.78 Å². The van der Waals surface area contributed by atoms with Crippen molar-refractivity contribution in [3.05, 3.63) is 29.8 Å². The van der Waals surface area contributed by atoms with E-state index in [9.17, 15) is 9.59 Å². The van der Waals surface area contributed by atoms with E-state index >= 15 is 0 Å². The first kappa shape index (κ1) is 11.1. The number of Topliss-reactive ketones (excluding diaryl/α,β-unsaturated/α-hetero) is 1. The van der Waals surface area contributed by atoms with Crippen LogP contribution >= 0.6 is 0 Å². The van der Waals surface area contributed by atoms with Gasteiger partial charge in [0.15, 0.2) is 0 Å². The van der Waals surface area contributed by atoms with Crippen molar-refractivity contribution >= 4 is 18.0 Å². The third kappa shape index (κ3) is 2.74. The Morgan fingerprint density at radius 3 is 2.67 bits per heavy atom. The summed E-state index contributed by atoms with van der Waals surface area (Å²) in [4.78, 5) is 22.3. The molecule has 0 fully saturated rings. The first-order valence-electron chi connectivity index (χ1n) is 4.53. The van der Waals surface area contributed by atoms with Crippen molar-refractivity contribution in [2.45, 2.75) is 13.3 Å². The Morgan fingerprint density at radius 2 is 2.07 bits per heavy atom. The van der Waals surface area contributed by atoms with E-state index in [0.29, 0.717) is 6.21 Å². The normalized spacial score (nSPS) is 9.40. The lowest BCUT2D eigenvalue weighted by molar-refractivity contribution is -0.134.